The highest BCUT2D eigenvalue weighted by Crippen LogP contribution is 2.28. The van der Waals surface area contributed by atoms with E-state index in [0.29, 0.717) is 15.4 Å². The van der Waals surface area contributed by atoms with Crippen LogP contribution >= 0.6 is 39.1 Å². The minimum absolute atomic E-state index is 0.512. The van der Waals surface area contributed by atoms with Crippen LogP contribution in [0.5, 0.6) is 0 Å². The summed E-state index contributed by atoms with van der Waals surface area (Å²) in [6.45, 7) is 0. The summed E-state index contributed by atoms with van der Waals surface area (Å²) in [5.41, 5.74) is 1.64. The van der Waals surface area contributed by atoms with Gasteiger partial charge < -0.3 is 4.52 Å². The minimum Gasteiger partial charge on any atom is -0.360 e. The van der Waals surface area contributed by atoms with Crippen LogP contribution < -0.4 is 0 Å². The van der Waals surface area contributed by atoms with Gasteiger partial charge in [-0.3, -0.25) is 0 Å². The molecule has 2 rings (SSSR count). The molecule has 0 N–H and O–H groups in total. The van der Waals surface area contributed by atoms with Crippen LogP contribution in [0.4, 0.5) is 0 Å². The number of nitrogens with zero attached hydrogens (tertiary/aromatic N) is 1. The first-order chi connectivity index (χ1) is 7.20. The highest BCUT2D eigenvalue weighted by Gasteiger charge is 2.07. The molecule has 0 saturated carbocycles. The van der Waals surface area contributed by atoms with E-state index in [2.05, 4.69) is 21.1 Å². The molecule has 0 amide bonds. The average molecular weight is 307 g/mol. The van der Waals surface area contributed by atoms with Crippen LogP contribution in [-0.4, -0.2) is 5.16 Å². The molecular weight excluding hydrogens is 301 g/mol. The lowest BCUT2D eigenvalue weighted by Gasteiger charge is -1.98. The molecule has 0 fully saturated rings. The lowest BCUT2D eigenvalue weighted by atomic mass is 10.1. The normalized spacial score (nSPS) is 10.6. The Hall–Kier alpha value is -0.510. The predicted molar refractivity (Wildman–Crippen MR) is 64.6 cm³/mol. The van der Waals surface area contributed by atoms with E-state index in [0.717, 1.165) is 17.0 Å². The van der Waals surface area contributed by atoms with Crippen LogP contribution in [0, 0.1) is 0 Å². The van der Waals surface area contributed by atoms with Gasteiger partial charge in [0.2, 0.25) is 0 Å². The van der Waals surface area contributed by atoms with E-state index < -0.39 is 0 Å². The molecule has 1 aromatic carbocycles. The number of hydrogen-bond acceptors (Lipinski definition) is 2. The van der Waals surface area contributed by atoms with Crippen LogP contribution in [0.1, 0.15) is 5.76 Å². The summed E-state index contributed by atoms with van der Waals surface area (Å²) in [4.78, 5) is 0. The Morgan fingerprint density at radius 1 is 1.20 bits per heavy atom. The smallest absolute Gasteiger partial charge is 0.147 e. The number of aromatic nitrogens is 1. The van der Waals surface area contributed by atoms with Gasteiger partial charge in [0.05, 0.1) is 15.4 Å². The van der Waals surface area contributed by atoms with E-state index in [1.54, 1.807) is 12.1 Å². The van der Waals surface area contributed by atoms with Crippen LogP contribution in [0.3, 0.4) is 0 Å². The molecule has 78 valence electrons. The fourth-order valence-electron chi connectivity index (χ4n) is 1.17. The second-order valence-corrected chi connectivity index (χ2v) is 4.32. The lowest BCUT2D eigenvalue weighted by Crippen LogP contribution is -1.77. The third kappa shape index (κ3) is 2.36. The second kappa shape index (κ2) is 4.56. The van der Waals surface area contributed by atoms with Crippen LogP contribution in [0.2, 0.25) is 10.0 Å². The molecule has 0 spiro atoms. The van der Waals surface area contributed by atoms with Crippen molar-refractivity contribution in [1.82, 2.24) is 5.16 Å². The monoisotopic (exact) mass is 305 g/mol. The molecule has 0 aliphatic heterocycles. The van der Waals surface area contributed by atoms with Crippen molar-refractivity contribution in [2.45, 2.75) is 5.33 Å². The zero-order valence-corrected chi connectivity index (χ0v) is 10.6. The molecule has 0 atom stereocenters. The zero-order valence-electron chi connectivity index (χ0n) is 7.51. The number of hydrogen-bond donors (Lipinski definition) is 0. The molecular formula is C10H6BrCl2NO. The second-order valence-electron chi connectivity index (χ2n) is 2.94. The molecule has 0 aliphatic carbocycles. The number of benzene rings is 1. The van der Waals surface area contributed by atoms with Crippen molar-refractivity contribution < 1.29 is 4.52 Å². The fraction of sp³-hybridized carbons (Fsp3) is 0.100. The van der Waals surface area contributed by atoms with Crippen molar-refractivity contribution in [2.24, 2.45) is 0 Å². The largest absolute Gasteiger partial charge is 0.360 e. The van der Waals surface area contributed by atoms with Crippen molar-refractivity contribution in [2.75, 3.05) is 0 Å². The van der Waals surface area contributed by atoms with Gasteiger partial charge >= 0.3 is 0 Å². The summed E-state index contributed by atoms with van der Waals surface area (Å²) < 4.78 is 5.07. The van der Waals surface area contributed by atoms with Gasteiger partial charge in [0, 0.05) is 11.6 Å². The van der Waals surface area contributed by atoms with Gasteiger partial charge in [0.25, 0.3) is 0 Å². The predicted octanol–water partition coefficient (Wildman–Crippen LogP) is 4.54. The number of alkyl halides is 1. The van der Waals surface area contributed by atoms with Gasteiger partial charge in [-0.25, -0.2) is 0 Å². The van der Waals surface area contributed by atoms with Crippen molar-refractivity contribution >= 4 is 39.1 Å². The van der Waals surface area contributed by atoms with E-state index in [9.17, 15) is 0 Å². The first-order valence-corrected chi connectivity index (χ1v) is 6.05. The summed E-state index contributed by atoms with van der Waals surface area (Å²) in [5, 5.41) is 5.61. The quantitative estimate of drug-likeness (QED) is 0.761. The number of rotatable bonds is 2. The number of halogens is 3. The maximum Gasteiger partial charge on any atom is 0.147 e. The van der Waals surface area contributed by atoms with E-state index in [1.807, 2.05) is 12.1 Å². The molecule has 1 aromatic heterocycles. The molecule has 2 nitrogen and oxygen atoms in total. The minimum atomic E-state index is 0.512. The topological polar surface area (TPSA) is 26.0 Å². The summed E-state index contributed by atoms with van der Waals surface area (Å²) in [6.07, 6.45) is 0. The summed E-state index contributed by atoms with van der Waals surface area (Å²) >= 11 is 15.0. The highest BCUT2D eigenvalue weighted by molar-refractivity contribution is 9.08. The van der Waals surface area contributed by atoms with Crippen molar-refractivity contribution in [3.05, 3.63) is 40.1 Å². The summed E-state index contributed by atoms with van der Waals surface area (Å²) in [7, 11) is 0. The Balaban J connectivity index is 2.40. The standard InChI is InChI=1S/C10H6BrCl2NO/c11-5-7-4-10(14-15-7)6-1-2-8(12)9(13)3-6/h1-4H,5H2. The van der Waals surface area contributed by atoms with Crippen LogP contribution in [-0.2, 0) is 5.33 Å². The molecule has 0 unspecified atom stereocenters. The third-order valence-electron chi connectivity index (χ3n) is 1.91. The van der Waals surface area contributed by atoms with Crippen molar-refractivity contribution in [3.63, 3.8) is 0 Å². The lowest BCUT2D eigenvalue weighted by molar-refractivity contribution is 0.398. The molecule has 2 aromatic rings. The Bertz CT molecular complexity index is 484. The Kier molecular flexibility index (Phi) is 3.34. The first kappa shape index (κ1) is 11.0. The average Bonchev–Trinajstić information content (AvgIpc) is 2.70. The maximum absolute atomic E-state index is 5.90. The van der Waals surface area contributed by atoms with Gasteiger partial charge in [-0.2, -0.15) is 0 Å². The molecule has 0 saturated heterocycles. The van der Waals surface area contributed by atoms with Gasteiger partial charge in [-0.1, -0.05) is 50.4 Å². The molecule has 15 heavy (non-hydrogen) atoms. The first-order valence-electron chi connectivity index (χ1n) is 4.17. The molecule has 0 aliphatic rings. The third-order valence-corrected chi connectivity index (χ3v) is 3.20. The van der Waals surface area contributed by atoms with Crippen molar-refractivity contribution in [3.8, 4) is 11.3 Å². The Labute approximate surface area is 105 Å². The Morgan fingerprint density at radius 3 is 2.60 bits per heavy atom. The molecule has 1 heterocycles. The van der Waals surface area contributed by atoms with E-state index in [4.69, 9.17) is 27.7 Å². The Morgan fingerprint density at radius 2 is 2.00 bits per heavy atom. The summed E-state index contributed by atoms with van der Waals surface area (Å²) in [6, 6.07) is 7.21. The van der Waals surface area contributed by atoms with Crippen LogP contribution in [0.15, 0.2) is 28.8 Å². The van der Waals surface area contributed by atoms with Gasteiger partial charge in [0.15, 0.2) is 0 Å². The van der Waals surface area contributed by atoms with Gasteiger partial charge in [-0.05, 0) is 12.1 Å². The maximum atomic E-state index is 5.90. The van der Waals surface area contributed by atoms with Gasteiger partial charge in [0.1, 0.15) is 11.5 Å². The summed E-state index contributed by atoms with van der Waals surface area (Å²) in [5.74, 6) is 0.774. The highest BCUT2D eigenvalue weighted by atomic mass is 79.9. The molecule has 0 bridgehead atoms. The zero-order chi connectivity index (χ0) is 10.8. The van der Waals surface area contributed by atoms with E-state index in [-0.39, 0.29) is 0 Å². The van der Waals surface area contributed by atoms with Crippen molar-refractivity contribution in [1.29, 1.82) is 0 Å². The SMILES string of the molecule is Clc1ccc(-c2cc(CBr)on2)cc1Cl. The fourth-order valence-corrected chi connectivity index (χ4v) is 1.73. The van der Waals surface area contributed by atoms with E-state index >= 15 is 0 Å². The van der Waals surface area contributed by atoms with Gasteiger partial charge in [-0.15, -0.1) is 0 Å². The van der Waals surface area contributed by atoms with Crippen LogP contribution in [0.25, 0.3) is 11.3 Å². The van der Waals surface area contributed by atoms with E-state index in [1.165, 1.54) is 0 Å². The molecule has 5 heteroatoms. The molecule has 0 radical (unpaired) electrons.